The summed E-state index contributed by atoms with van der Waals surface area (Å²) >= 11 is 0. The van der Waals surface area contributed by atoms with Gasteiger partial charge in [-0.3, -0.25) is 0 Å². The molecular weight excluding hydrogens is 416 g/mol. The third-order valence-corrected chi connectivity index (χ3v) is 2.42. The van der Waals surface area contributed by atoms with Crippen molar-refractivity contribution < 1.29 is 61.8 Å². The molecule has 176 valence electrons. The fourth-order valence-electron chi connectivity index (χ4n) is 1.10. The fourth-order valence-corrected chi connectivity index (χ4v) is 1.10. The Hall–Kier alpha value is 0.394. The first kappa shape index (κ1) is 39.8. The van der Waals surface area contributed by atoms with Crippen molar-refractivity contribution in [3.05, 3.63) is 0 Å². The summed E-state index contributed by atoms with van der Waals surface area (Å²) in [6.45, 7) is 11.4. The van der Waals surface area contributed by atoms with Crippen molar-refractivity contribution in [2.24, 2.45) is 0 Å². The Morgan fingerprint density at radius 2 is 0.931 bits per heavy atom. The summed E-state index contributed by atoms with van der Waals surface area (Å²) in [5.74, 6) is 0. The van der Waals surface area contributed by atoms with E-state index < -0.39 is 24.4 Å². The first-order chi connectivity index (χ1) is 13.1. The normalized spacial score (nSPS) is 13.7. The molecule has 0 spiro atoms. The van der Waals surface area contributed by atoms with Gasteiger partial charge in [0.1, 0.15) is 0 Å². The molecule has 0 radical (unpaired) electrons. The summed E-state index contributed by atoms with van der Waals surface area (Å²) in [5.41, 5.74) is 0. The van der Waals surface area contributed by atoms with Gasteiger partial charge in [0.15, 0.2) is 0 Å². The Morgan fingerprint density at radius 3 is 1.03 bits per heavy atom. The fraction of sp³-hybridized carbons (Fsp3) is 1.00. The molecule has 0 aromatic heterocycles. The zero-order chi connectivity index (χ0) is 22.8. The minimum absolute atomic E-state index is 0. The Bertz CT molecular complexity index is 199. The van der Waals surface area contributed by atoms with Gasteiger partial charge in [0, 0.05) is 13.2 Å². The smallest absolute Gasteiger partial charge is 0.854 e. The molecule has 0 saturated carbocycles. The third kappa shape index (κ3) is 73.6. The van der Waals surface area contributed by atoms with Crippen LogP contribution in [-0.2, 0) is 31.2 Å². The average molecular weight is 460 g/mol. The van der Waals surface area contributed by atoms with Crippen molar-refractivity contribution in [3.8, 4) is 0 Å². The number of aliphatic hydroxyl groups is 2. The van der Waals surface area contributed by atoms with Crippen LogP contribution in [0.2, 0.25) is 0 Å². The predicted octanol–water partition coefficient (Wildman–Crippen LogP) is -1.44. The van der Waals surface area contributed by atoms with Gasteiger partial charge in [-0.2, -0.15) is 0 Å². The summed E-state index contributed by atoms with van der Waals surface area (Å²) in [5, 5.41) is 56.9. The monoisotopic (exact) mass is 460 g/mol. The third-order valence-electron chi connectivity index (χ3n) is 2.42. The van der Waals surface area contributed by atoms with E-state index in [2.05, 4.69) is 0 Å². The molecule has 4 atom stereocenters. The first-order valence-corrected chi connectivity index (χ1v) is 10.1. The van der Waals surface area contributed by atoms with Crippen LogP contribution in [0.5, 0.6) is 0 Å². The van der Waals surface area contributed by atoms with E-state index in [1.54, 1.807) is 13.8 Å². The number of unbranched alkanes of at least 4 members (excludes halogenated alkanes) is 2. The quantitative estimate of drug-likeness (QED) is 0.336. The van der Waals surface area contributed by atoms with Crippen LogP contribution in [0.4, 0.5) is 0 Å². The molecule has 0 saturated heterocycles. The maximum absolute atomic E-state index is 10.3. The molecule has 0 heterocycles. The molecule has 0 amide bonds. The standard InChI is InChI=1S/2C6H13O3.2C4H9O.Ti/c2*1-5(7)3-9-4-6(2)8;2*1-2-3-4-5;/h2*5-7H,3-4H2,1-2H3;2*2-4H2,1H3;/q4*-1;+4. The van der Waals surface area contributed by atoms with Gasteiger partial charge in [0.2, 0.25) is 0 Å². The van der Waals surface area contributed by atoms with E-state index in [-0.39, 0.29) is 61.4 Å². The van der Waals surface area contributed by atoms with E-state index in [0.29, 0.717) is 0 Å². The molecule has 0 fully saturated rings. The van der Waals surface area contributed by atoms with Gasteiger partial charge in [-0.1, -0.05) is 53.4 Å². The molecule has 4 unspecified atom stereocenters. The van der Waals surface area contributed by atoms with Crippen LogP contribution >= 0.6 is 0 Å². The molecule has 29 heavy (non-hydrogen) atoms. The molecule has 0 rings (SSSR count). The average Bonchev–Trinajstić information content (AvgIpc) is 2.56. The van der Waals surface area contributed by atoms with Crippen LogP contribution in [-0.4, -0.2) is 74.3 Å². The van der Waals surface area contributed by atoms with Crippen LogP contribution in [0, 0.1) is 0 Å². The molecule has 8 nitrogen and oxygen atoms in total. The Balaban J connectivity index is -0.0000000907. The van der Waals surface area contributed by atoms with Gasteiger partial charge in [-0.05, 0) is 13.8 Å². The molecule has 9 heteroatoms. The number of hydrogen-bond acceptors (Lipinski definition) is 8. The van der Waals surface area contributed by atoms with E-state index >= 15 is 0 Å². The van der Waals surface area contributed by atoms with Crippen LogP contribution in [0.15, 0.2) is 0 Å². The second kappa shape index (κ2) is 35.8. The molecule has 0 aromatic rings. The van der Waals surface area contributed by atoms with Crippen molar-refractivity contribution in [3.63, 3.8) is 0 Å². The van der Waals surface area contributed by atoms with Crippen LogP contribution < -0.4 is 20.4 Å². The molecule has 0 aromatic carbocycles. The van der Waals surface area contributed by atoms with Crippen molar-refractivity contribution in [2.45, 2.75) is 91.6 Å². The minimum Gasteiger partial charge on any atom is -0.854 e. The van der Waals surface area contributed by atoms with Crippen molar-refractivity contribution in [1.29, 1.82) is 0 Å². The SMILES string of the molecule is CC([O-])COCC(C)O.CC([O-])COCC(C)O.CCCC[O-].CCCC[O-].[Ti+4]. The van der Waals surface area contributed by atoms with Gasteiger partial charge in [0.05, 0.1) is 25.4 Å². The second-order valence-corrected chi connectivity index (χ2v) is 6.51. The molecule has 0 aliphatic rings. The van der Waals surface area contributed by atoms with Crippen molar-refractivity contribution in [2.75, 3.05) is 39.6 Å². The van der Waals surface area contributed by atoms with Gasteiger partial charge in [-0.25, -0.2) is 0 Å². The van der Waals surface area contributed by atoms with E-state index in [1.165, 1.54) is 13.8 Å². The predicted molar refractivity (Wildman–Crippen MR) is 103 cm³/mol. The summed E-state index contributed by atoms with van der Waals surface area (Å²) < 4.78 is 9.59. The number of rotatable bonds is 12. The van der Waals surface area contributed by atoms with Gasteiger partial charge < -0.3 is 40.1 Å². The topological polar surface area (TPSA) is 151 Å². The number of aliphatic hydroxyl groups excluding tert-OH is 2. The van der Waals surface area contributed by atoms with E-state index in [9.17, 15) is 20.4 Å². The zero-order valence-electron chi connectivity index (χ0n) is 19.2. The van der Waals surface area contributed by atoms with Gasteiger partial charge in [-0.15, -0.1) is 25.4 Å². The summed E-state index contributed by atoms with van der Waals surface area (Å²) in [6.07, 6.45) is 1.41. The molecule has 0 aliphatic carbocycles. The van der Waals surface area contributed by atoms with Crippen LogP contribution in [0.1, 0.15) is 67.2 Å². The zero-order valence-corrected chi connectivity index (χ0v) is 20.8. The number of hydrogen-bond donors (Lipinski definition) is 2. The van der Waals surface area contributed by atoms with Gasteiger partial charge in [0.25, 0.3) is 0 Å². The minimum atomic E-state index is -0.691. The summed E-state index contributed by atoms with van der Waals surface area (Å²) in [7, 11) is 0. The first-order valence-electron chi connectivity index (χ1n) is 10.1. The van der Waals surface area contributed by atoms with Crippen LogP contribution in [0.3, 0.4) is 0 Å². The summed E-state index contributed by atoms with van der Waals surface area (Å²) in [4.78, 5) is 0. The van der Waals surface area contributed by atoms with Gasteiger partial charge >= 0.3 is 21.7 Å². The van der Waals surface area contributed by atoms with E-state index in [4.69, 9.17) is 19.7 Å². The second-order valence-electron chi connectivity index (χ2n) is 6.51. The molecule has 2 N–H and O–H groups in total. The largest absolute Gasteiger partial charge is 4.00 e. The van der Waals surface area contributed by atoms with E-state index in [0.717, 1.165) is 25.7 Å². The summed E-state index contributed by atoms with van der Waals surface area (Å²) in [6, 6.07) is 0. The molecular formula is C20H44O8Ti. The Morgan fingerprint density at radius 1 is 0.655 bits per heavy atom. The maximum atomic E-state index is 10.3. The Kier molecular flexibility index (Phi) is 49.2. The molecule has 0 aliphatic heterocycles. The molecule has 0 bridgehead atoms. The van der Waals surface area contributed by atoms with Crippen LogP contribution in [0.25, 0.3) is 0 Å². The maximum Gasteiger partial charge on any atom is 4.00 e. The van der Waals surface area contributed by atoms with Crippen molar-refractivity contribution in [1.82, 2.24) is 0 Å². The number of ether oxygens (including phenoxy) is 2. The van der Waals surface area contributed by atoms with Crippen molar-refractivity contribution >= 4 is 0 Å². The Labute approximate surface area is 193 Å². The van der Waals surface area contributed by atoms with E-state index in [1.807, 2.05) is 13.8 Å².